The highest BCUT2D eigenvalue weighted by molar-refractivity contribution is 7.23. The van der Waals surface area contributed by atoms with Gasteiger partial charge in [-0.15, -0.1) is 11.3 Å². The number of aromatic nitrogens is 1. The minimum Gasteiger partial charge on any atom is -0.497 e. The average molecular weight is 471 g/mol. The molecule has 4 rings (SSSR count). The molecule has 0 spiro atoms. The van der Waals surface area contributed by atoms with Crippen molar-refractivity contribution >= 4 is 59.7 Å². The first kappa shape index (κ1) is 22.1. The van der Waals surface area contributed by atoms with Crippen LogP contribution in [0.1, 0.15) is 16.1 Å². The number of methoxy groups -OCH3 is 1. The number of non-ortho nitro benzene ring substituents is 1. The van der Waals surface area contributed by atoms with Crippen LogP contribution >= 0.6 is 22.7 Å². The Kier molecular flexibility index (Phi) is 6.35. The lowest BCUT2D eigenvalue weighted by Gasteiger charge is -2.20. The van der Waals surface area contributed by atoms with E-state index in [0.717, 1.165) is 27.9 Å². The van der Waals surface area contributed by atoms with Crippen LogP contribution < -0.4 is 9.64 Å². The van der Waals surface area contributed by atoms with Crippen molar-refractivity contribution < 1.29 is 14.5 Å². The lowest BCUT2D eigenvalue weighted by atomic mass is 10.2. The summed E-state index contributed by atoms with van der Waals surface area (Å²) in [5.74, 6) is 0.560. The number of thiazole rings is 1. The highest BCUT2D eigenvalue weighted by atomic mass is 32.1. The number of rotatable bonds is 8. The van der Waals surface area contributed by atoms with E-state index in [1.54, 1.807) is 24.1 Å². The third-order valence-electron chi connectivity index (χ3n) is 4.97. The lowest BCUT2D eigenvalue weighted by Crippen LogP contribution is -2.32. The van der Waals surface area contributed by atoms with Crippen molar-refractivity contribution in [3.05, 3.63) is 57.5 Å². The lowest BCUT2D eigenvalue weighted by molar-refractivity contribution is -0.384. The van der Waals surface area contributed by atoms with Gasteiger partial charge in [-0.3, -0.25) is 19.8 Å². The summed E-state index contributed by atoms with van der Waals surface area (Å²) in [7, 11) is 5.60. The quantitative estimate of drug-likeness (QED) is 0.265. The van der Waals surface area contributed by atoms with E-state index >= 15 is 0 Å². The van der Waals surface area contributed by atoms with Gasteiger partial charge in [0, 0.05) is 34.8 Å². The van der Waals surface area contributed by atoms with E-state index in [1.165, 1.54) is 34.8 Å². The van der Waals surface area contributed by atoms with E-state index in [0.29, 0.717) is 27.7 Å². The summed E-state index contributed by atoms with van der Waals surface area (Å²) >= 11 is 2.79. The van der Waals surface area contributed by atoms with Crippen LogP contribution in [0.15, 0.2) is 42.5 Å². The largest absolute Gasteiger partial charge is 0.497 e. The van der Waals surface area contributed by atoms with Gasteiger partial charge in [0.15, 0.2) is 5.13 Å². The molecule has 4 aromatic rings. The topological polar surface area (TPSA) is 88.8 Å². The van der Waals surface area contributed by atoms with Crippen molar-refractivity contribution in [2.24, 2.45) is 0 Å². The molecule has 8 nitrogen and oxygen atoms in total. The summed E-state index contributed by atoms with van der Waals surface area (Å²) in [6.07, 6.45) is 0.786. The van der Waals surface area contributed by atoms with Gasteiger partial charge in [0.05, 0.1) is 27.1 Å². The molecule has 0 aliphatic heterocycles. The number of ether oxygens (including phenoxy) is 1. The Labute approximate surface area is 192 Å². The van der Waals surface area contributed by atoms with Gasteiger partial charge in [-0.25, -0.2) is 4.98 Å². The van der Waals surface area contributed by atoms with Crippen molar-refractivity contribution in [3.8, 4) is 5.75 Å². The van der Waals surface area contributed by atoms with Gasteiger partial charge in [0.2, 0.25) is 0 Å². The molecular weight excluding hydrogens is 448 g/mol. The molecule has 10 heteroatoms. The Bertz CT molecular complexity index is 1300. The number of carbonyl (C=O) groups is 1. The van der Waals surface area contributed by atoms with Crippen LogP contribution in [-0.4, -0.2) is 55.0 Å². The number of hydrogen-bond donors (Lipinski definition) is 0. The number of hydrogen-bond acceptors (Lipinski definition) is 8. The zero-order valence-corrected chi connectivity index (χ0v) is 19.5. The number of thiophene rings is 1. The van der Waals surface area contributed by atoms with Crippen LogP contribution in [-0.2, 0) is 0 Å². The van der Waals surface area contributed by atoms with Crippen LogP contribution in [0, 0.1) is 10.1 Å². The first-order valence-corrected chi connectivity index (χ1v) is 11.6. The van der Waals surface area contributed by atoms with Gasteiger partial charge in [-0.2, -0.15) is 0 Å². The highest BCUT2D eigenvalue weighted by Gasteiger charge is 2.23. The molecule has 1 amide bonds. The van der Waals surface area contributed by atoms with E-state index in [9.17, 15) is 14.9 Å². The van der Waals surface area contributed by atoms with Gasteiger partial charge in [-0.1, -0.05) is 11.3 Å². The van der Waals surface area contributed by atoms with Crippen LogP contribution in [0.2, 0.25) is 0 Å². The monoisotopic (exact) mass is 470 g/mol. The molecule has 2 heterocycles. The van der Waals surface area contributed by atoms with Gasteiger partial charge < -0.3 is 9.64 Å². The molecule has 0 unspecified atom stereocenters. The first-order valence-electron chi connectivity index (χ1n) is 9.95. The molecule has 0 radical (unpaired) electrons. The number of carbonyl (C=O) groups excluding carboxylic acids is 1. The van der Waals surface area contributed by atoms with Crippen molar-refractivity contribution in [2.75, 3.05) is 39.2 Å². The summed E-state index contributed by atoms with van der Waals surface area (Å²) in [4.78, 5) is 33.2. The fourth-order valence-electron chi connectivity index (χ4n) is 3.35. The van der Waals surface area contributed by atoms with Crippen LogP contribution in [0.4, 0.5) is 10.8 Å². The second-order valence-electron chi connectivity index (χ2n) is 7.53. The van der Waals surface area contributed by atoms with Crippen molar-refractivity contribution in [3.63, 3.8) is 0 Å². The number of amides is 1. The molecule has 2 aromatic heterocycles. The third-order valence-corrected chi connectivity index (χ3v) is 7.13. The number of anilines is 1. The minimum absolute atomic E-state index is 0.0114. The summed E-state index contributed by atoms with van der Waals surface area (Å²) in [5, 5.41) is 12.4. The van der Waals surface area contributed by atoms with E-state index in [-0.39, 0.29) is 11.6 Å². The standard InChI is InChI=1S/C22H22N4O4S2/c1-24(2)9-4-10-25(22-23-17-13-16(30-3)6-8-19(17)32-22)21(27)20-12-14-11-15(26(28)29)5-7-18(14)31-20/h5-8,11-13H,4,9-10H2,1-3H3. The first-order chi connectivity index (χ1) is 15.4. The second-order valence-corrected chi connectivity index (χ2v) is 9.63. The summed E-state index contributed by atoms with van der Waals surface area (Å²) < 4.78 is 7.10. The minimum atomic E-state index is -0.429. The maximum Gasteiger partial charge on any atom is 0.270 e. The normalized spacial score (nSPS) is 11.4. The van der Waals surface area contributed by atoms with Crippen LogP contribution in [0.3, 0.4) is 0 Å². The Hall–Kier alpha value is -3.08. The molecular formula is C22H22N4O4S2. The Morgan fingerprint density at radius 2 is 1.88 bits per heavy atom. The fraction of sp³-hybridized carbons (Fsp3) is 0.273. The van der Waals surface area contributed by atoms with E-state index in [4.69, 9.17) is 9.72 Å². The van der Waals surface area contributed by atoms with Crippen molar-refractivity contribution in [1.29, 1.82) is 0 Å². The smallest absolute Gasteiger partial charge is 0.270 e. The third kappa shape index (κ3) is 4.57. The van der Waals surface area contributed by atoms with Gasteiger partial charge in [0.25, 0.3) is 11.6 Å². The number of nitro benzene ring substituents is 1. The molecule has 0 fully saturated rings. The van der Waals surface area contributed by atoms with Crippen molar-refractivity contribution in [1.82, 2.24) is 9.88 Å². The van der Waals surface area contributed by atoms with E-state index < -0.39 is 4.92 Å². The summed E-state index contributed by atoms with van der Waals surface area (Å²) in [5.41, 5.74) is 0.791. The van der Waals surface area contributed by atoms with Crippen LogP contribution in [0.25, 0.3) is 20.3 Å². The van der Waals surface area contributed by atoms with Gasteiger partial charge in [-0.05, 0) is 51.3 Å². The number of nitrogens with zero attached hydrogens (tertiary/aromatic N) is 4. The zero-order chi connectivity index (χ0) is 22.8. The molecule has 0 bridgehead atoms. The van der Waals surface area contributed by atoms with Gasteiger partial charge in [0.1, 0.15) is 5.75 Å². The van der Waals surface area contributed by atoms with Crippen molar-refractivity contribution in [2.45, 2.75) is 6.42 Å². The average Bonchev–Trinajstić information content (AvgIpc) is 3.38. The predicted molar refractivity (Wildman–Crippen MR) is 129 cm³/mol. The Balaban J connectivity index is 1.70. The molecule has 0 N–H and O–H groups in total. The number of fused-ring (bicyclic) bond motifs is 2. The predicted octanol–water partition coefficient (Wildman–Crippen LogP) is 5.03. The molecule has 0 saturated carbocycles. The zero-order valence-electron chi connectivity index (χ0n) is 17.9. The number of nitro groups is 1. The molecule has 0 atom stereocenters. The van der Waals surface area contributed by atoms with E-state index in [2.05, 4.69) is 4.90 Å². The molecule has 166 valence electrons. The molecule has 2 aromatic carbocycles. The Morgan fingerprint density at radius 3 is 2.59 bits per heavy atom. The maximum absolute atomic E-state index is 13.5. The molecule has 0 aliphatic rings. The molecule has 0 saturated heterocycles. The Morgan fingerprint density at radius 1 is 1.09 bits per heavy atom. The molecule has 0 aliphatic carbocycles. The van der Waals surface area contributed by atoms with Gasteiger partial charge >= 0.3 is 0 Å². The molecule has 32 heavy (non-hydrogen) atoms. The van der Waals surface area contributed by atoms with Crippen LogP contribution in [0.5, 0.6) is 5.75 Å². The highest BCUT2D eigenvalue weighted by Crippen LogP contribution is 2.34. The second kappa shape index (κ2) is 9.19. The SMILES string of the molecule is COc1ccc2sc(N(CCCN(C)C)C(=O)c3cc4cc([N+](=O)[O-])ccc4s3)nc2c1. The summed E-state index contributed by atoms with van der Waals surface area (Å²) in [6.45, 7) is 1.35. The summed E-state index contributed by atoms with van der Waals surface area (Å²) in [6, 6.07) is 12.1. The fourth-order valence-corrected chi connectivity index (χ4v) is 5.31. The number of benzene rings is 2. The van der Waals surface area contributed by atoms with E-state index in [1.807, 2.05) is 32.3 Å². The maximum atomic E-state index is 13.5.